The molecule has 0 spiro atoms. The van der Waals surface area contributed by atoms with Gasteiger partial charge in [0, 0.05) is 17.1 Å². The summed E-state index contributed by atoms with van der Waals surface area (Å²) in [6.45, 7) is 1.80. The number of esters is 1. The molecule has 17 heavy (non-hydrogen) atoms. The predicted molar refractivity (Wildman–Crippen MR) is 64.3 cm³/mol. The van der Waals surface area contributed by atoms with Crippen LogP contribution >= 0.6 is 11.6 Å². The van der Waals surface area contributed by atoms with Gasteiger partial charge in [-0.05, 0) is 25.1 Å². The van der Waals surface area contributed by atoms with Gasteiger partial charge >= 0.3 is 5.97 Å². The van der Waals surface area contributed by atoms with Crippen LogP contribution in [0.4, 0.5) is 0 Å². The van der Waals surface area contributed by atoms with Crippen molar-refractivity contribution in [2.75, 3.05) is 6.61 Å². The van der Waals surface area contributed by atoms with Gasteiger partial charge in [-0.1, -0.05) is 11.6 Å². The molecule has 88 valence electrons. The van der Waals surface area contributed by atoms with Gasteiger partial charge in [0.15, 0.2) is 0 Å². The quantitative estimate of drug-likeness (QED) is 0.518. The Kier molecular flexibility index (Phi) is 3.15. The number of Topliss-reactive ketones (excluding diaryl/α,β-unsaturated/α-hetero) is 1. The third-order valence-electron chi connectivity index (χ3n) is 2.35. The van der Waals surface area contributed by atoms with Crippen molar-refractivity contribution in [2.24, 2.45) is 0 Å². The molecule has 0 amide bonds. The van der Waals surface area contributed by atoms with Crippen molar-refractivity contribution < 1.29 is 14.3 Å². The summed E-state index contributed by atoms with van der Waals surface area (Å²) in [6, 6.07) is 5.02. The lowest BCUT2D eigenvalue weighted by molar-refractivity contribution is -0.137. The van der Waals surface area contributed by atoms with Crippen molar-refractivity contribution in [3.05, 3.63) is 35.0 Å². The number of ketones is 1. The topological polar surface area (TPSA) is 59.2 Å². The van der Waals surface area contributed by atoms with E-state index in [1.165, 1.54) is 0 Å². The van der Waals surface area contributed by atoms with E-state index < -0.39 is 11.8 Å². The standard InChI is InChI=1S/C12H10ClNO3/c1-2-17-12(16)11(15)8-6-10-7(3-4-14-10)5-9(8)13/h3-6,14H,2H2,1H3. The summed E-state index contributed by atoms with van der Waals surface area (Å²) >= 11 is 5.96. The average Bonchev–Trinajstić information content (AvgIpc) is 2.74. The Morgan fingerprint density at radius 3 is 2.88 bits per heavy atom. The molecule has 0 radical (unpaired) electrons. The number of ether oxygens (including phenoxy) is 1. The summed E-state index contributed by atoms with van der Waals surface area (Å²) < 4.78 is 4.65. The average molecular weight is 252 g/mol. The molecule has 0 aliphatic rings. The van der Waals surface area contributed by atoms with Crippen molar-refractivity contribution in [3.63, 3.8) is 0 Å². The van der Waals surface area contributed by atoms with Gasteiger partial charge in [0.25, 0.3) is 5.78 Å². The monoisotopic (exact) mass is 251 g/mol. The molecule has 4 nitrogen and oxygen atoms in total. The number of H-pyrrole nitrogens is 1. The summed E-state index contributed by atoms with van der Waals surface area (Å²) in [5.41, 5.74) is 0.905. The Balaban J connectivity index is 2.43. The summed E-state index contributed by atoms with van der Waals surface area (Å²) in [6.07, 6.45) is 1.74. The number of aromatic amines is 1. The lowest BCUT2D eigenvalue weighted by Crippen LogP contribution is -2.17. The number of hydrogen-bond acceptors (Lipinski definition) is 3. The summed E-state index contributed by atoms with van der Waals surface area (Å²) in [4.78, 5) is 26.0. The molecule has 0 atom stereocenters. The highest BCUT2D eigenvalue weighted by Crippen LogP contribution is 2.23. The van der Waals surface area contributed by atoms with E-state index in [1.807, 2.05) is 6.07 Å². The van der Waals surface area contributed by atoms with Crippen molar-refractivity contribution in [1.82, 2.24) is 4.98 Å². The first-order valence-corrected chi connectivity index (χ1v) is 5.49. The molecule has 0 aliphatic heterocycles. The zero-order valence-electron chi connectivity index (χ0n) is 9.12. The molecule has 1 N–H and O–H groups in total. The second-order valence-electron chi connectivity index (χ2n) is 3.45. The molecule has 0 aliphatic carbocycles. The molecule has 2 rings (SSSR count). The largest absolute Gasteiger partial charge is 0.460 e. The molecule has 2 aromatic rings. The van der Waals surface area contributed by atoms with Crippen LogP contribution in [0.2, 0.25) is 5.02 Å². The molecular weight excluding hydrogens is 242 g/mol. The third kappa shape index (κ3) is 2.17. The van der Waals surface area contributed by atoms with E-state index in [4.69, 9.17) is 11.6 Å². The maximum atomic E-state index is 11.7. The molecule has 0 unspecified atom stereocenters. The van der Waals surface area contributed by atoms with Gasteiger partial charge < -0.3 is 9.72 Å². The lowest BCUT2D eigenvalue weighted by atomic mass is 10.1. The molecule has 1 heterocycles. The highest BCUT2D eigenvalue weighted by atomic mass is 35.5. The number of halogens is 1. The molecule has 0 saturated carbocycles. The Labute approximate surface area is 103 Å². The van der Waals surface area contributed by atoms with Crippen LogP contribution in [0.3, 0.4) is 0 Å². The van der Waals surface area contributed by atoms with Gasteiger partial charge in [-0.15, -0.1) is 0 Å². The molecule has 0 bridgehead atoms. The van der Waals surface area contributed by atoms with E-state index in [9.17, 15) is 9.59 Å². The van der Waals surface area contributed by atoms with E-state index in [0.29, 0.717) is 0 Å². The normalized spacial score (nSPS) is 10.5. The highest BCUT2D eigenvalue weighted by Gasteiger charge is 2.20. The lowest BCUT2D eigenvalue weighted by Gasteiger charge is -2.03. The highest BCUT2D eigenvalue weighted by molar-refractivity contribution is 6.46. The number of hydrogen-bond donors (Lipinski definition) is 1. The molecule has 1 aromatic carbocycles. The van der Waals surface area contributed by atoms with Gasteiger partial charge in [0.2, 0.25) is 0 Å². The summed E-state index contributed by atoms with van der Waals surface area (Å²) in [5.74, 6) is -1.62. The van der Waals surface area contributed by atoms with E-state index in [0.717, 1.165) is 10.9 Å². The minimum Gasteiger partial charge on any atom is -0.460 e. The molecule has 0 fully saturated rings. The number of aromatic nitrogens is 1. The fourth-order valence-electron chi connectivity index (χ4n) is 1.55. The summed E-state index contributed by atoms with van der Waals surface area (Å²) in [7, 11) is 0. The van der Waals surface area contributed by atoms with Gasteiger partial charge in [0.05, 0.1) is 17.2 Å². The fraction of sp³-hybridized carbons (Fsp3) is 0.167. The number of benzene rings is 1. The first-order valence-electron chi connectivity index (χ1n) is 5.11. The van der Waals surface area contributed by atoms with Gasteiger partial charge in [-0.2, -0.15) is 0 Å². The third-order valence-corrected chi connectivity index (χ3v) is 2.66. The SMILES string of the molecule is CCOC(=O)C(=O)c1cc2[nH]ccc2cc1Cl. The van der Waals surface area contributed by atoms with Crippen LogP contribution in [0.5, 0.6) is 0 Å². The first-order chi connectivity index (χ1) is 8.13. The van der Waals surface area contributed by atoms with Crippen molar-refractivity contribution >= 4 is 34.3 Å². The zero-order chi connectivity index (χ0) is 12.4. The van der Waals surface area contributed by atoms with Crippen LogP contribution in [0.1, 0.15) is 17.3 Å². The van der Waals surface area contributed by atoms with Crippen LogP contribution in [-0.4, -0.2) is 23.3 Å². The van der Waals surface area contributed by atoms with Crippen molar-refractivity contribution in [2.45, 2.75) is 6.92 Å². The molecule has 5 heteroatoms. The van der Waals surface area contributed by atoms with E-state index in [-0.39, 0.29) is 17.2 Å². The summed E-state index contributed by atoms with van der Waals surface area (Å²) in [5, 5.41) is 1.13. The van der Waals surface area contributed by atoms with E-state index >= 15 is 0 Å². The Morgan fingerprint density at radius 1 is 1.41 bits per heavy atom. The van der Waals surface area contributed by atoms with Crippen molar-refractivity contribution in [3.8, 4) is 0 Å². The maximum absolute atomic E-state index is 11.7. The van der Waals surface area contributed by atoms with E-state index in [2.05, 4.69) is 9.72 Å². The maximum Gasteiger partial charge on any atom is 0.379 e. The van der Waals surface area contributed by atoms with Crippen LogP contribution in [0.15, 0.2) is 24.4 Å². The Bertz CT molecular complexity index is 588. The minimum absolute atomic E-state index is 0.153. The molecular formula is C12H10ClNO3. The van der Waals surface area contributed by atoms with Crippen molar-refractivity contribution in [1.29, 1.82) is 0 Å². The minimum atomic E-state index is -0.889. The van der Waals surface area contributed by atoms with Gasteiger partial charge in [0.1, 0.15) is 0 Å². The second-order valence-corrected chi connectivity index (χ2v) is 3.85. The van der Waals surface area contributed by atoms with Crippen LogP contribution in [-0.2, 0) is 9.53 Å². The second kappa shape index (κ2) is 4.59. The number of rotatable bonds is 3. The predicted octanol–water partition coefficient (Wildman–Crippen LogP) is 2.57. The molecule has 1 aromatic heterocycles. The molecule has 0 saturated heterocycles. The number of nitrogens with one attached hydrogen (secondary N) is 1. The van der Waals surface area contributed by atoms with Crippen LogP contribution in [0, 0.1) is 0 Å². The van der Waals surface area contributed by atoms with Crippen LogP contribution in [0.25, 0.3) is 10.9 Å². The first kappa shape index (κ1) is 11.7. The number of carbonyl (C=O) groups is 2. The number of carbonyl (C=O) groups excluding carboxylic acids is 2. The van der Waals surface area contributed by atoms with E-state index in [1.54, 1.807) is 25.3 Å². The van der Waals surface area contributed by atoms with Gasteiger partial charge in [-0.3, -0.25) is 4.79 Å². The van der Waals surface area contributed by atoms with Gasteiger partial charge in [-0.25, -0.2) is 4.79 Å². The van der Waals surface area contributed by atoms with Crippen LogP contribution < -0.4 is 0 Å². The number of fused-ring (bicyclic) bond motifs is 1. The smallest absolute Gasteiger partial charge is 0.379 e. The Hall–Kier alpha value is -1.81. The Morgan fingerprint density at radius 2 is 2.18 bits per heavy atom. The zero-order valence-corrected chi connectivity index (χ0v) is 9.88. The fourth-order valence-corrected chi connectivity index (χ4v) is 1.81.